The zero-order chi connectivity index (χ0) is 19.2. The van der Waals surface area contributed by atoms with Crippen molar-refractivity contribution in [1.82, 2.24) is 9.80 Å². The van der Waals surface area contributed by atoms with Gasteiger partial charge in [0.2, 0.25) is 0 Å². The summed E-state index contributed by atoms with van der Waals surface area (Å²) in [6.45, 7) is 3.24. The fourth-order valence-electron chi connectivity index (χ4n) is 2.98. The molecule has 1 unspecified atom stereocenters. The van der Waals surface area contributed by atoms with Crippen LogP contribution in [0.1, 0.15) is 10.4 Å². The summed E-state index contributed by atoms with van der Waals surface area (Å²) >= 11 is 3.37. The molecule has 0 aliphatic carbocycles. The second-order valence-electron chi connectivity index (χ2n) is 6.52. The van der Waals surface area contributed by atoms with Crippen molar-refractivity contribution in [2.45, 2.75) is 6.10 Å². The molecule has 1 heterocycles. The summed E-state index contributed by atoms with van der Waals surface area (Å²) in [5, 5.41) is 10.2. The molecule has 1 atom stereocenters. The second-order valence-corrected chi connectivity index (χ2v) is 7.43. The lowest BCUT2D eigenvalue weighted by Crippen LogP contribution is -2.50. The van der Waals surface area contributed by atoms with Crippen molar-refractivity contribution in [3.8, 4) is 5.75 Å². The molecule has 1 amide bonds. The molecule has 0 radical (unpaired) electrons. The van der Waals surface area contributed by atoms with Crippen molar-refractivity contribution in [3.63, 3.8) is 0 Å². The lowest BCUT2D eigenvalue weighted by atomic mass is 10.1. The van der Waals surface area contributed by atoms with E-state index in [0.717, 1.165) is 4.47 Å². The molecule has 0 spiro atoms. The van der Waals surface area contributed by atoms with Gasteiger partial charge in [-0.3, -0.25) is 9.69 Å². The van der Waals surface area contributed by atoms with Crippen LogP contribution in [0.2, 0.25) is 0 Å². The van der Waals surface area contributed by atoms with Gasteiger partial charge in [0.25, 0.3) is 5.91 Å². The number of halogens is 2. The molecular weight excluding hydrogens is 415 g/mol. The first-order valence-electron chi connectivity index (χ1n) is 8.85. The number of nitrogens with zero attached hydrogens (tertiary/aromatic N) is 2. The van der Waals surface area contributed by atoms with E-state index in [4.69, 9.17) is 4.74 Å². The SMILES string of the molecule is O=C(c1ccc(F)cc1)N1CCN(CC(O)COc2ccc(Br)cc2)CC1. The van der Waals surface area contributed by atoms with E-state index in [2.05, 4.69) is 20.8 Å². The van der Waals surface area contributed by atoms with Gasteiger partial charge in [-0.05, 0) is 48.5 Å². The number of carbonyl (C=O) groups excluding carboxylic acids is 1. The second kappa shape index (κ2) is 9.30. The Morgan fingerprint density at radius 1 is 1.07 bits per heavy atom. The number of β-amino-alcohol motifs (C(OH)–C–C–N with tert-alkyl or cyclic N) is 1. The van der Waals surface area contributed by atoms with Crippen LogP contribution < -0.4 is 4.74 Å². The highest BCUT2D eigenvalue weighted by molar-refractivity contribution is 9.10. The molecule has 0 aromatic heterocycles. The maximum Gasteiger partial charge on any atom is 0.253 e. The van der Waals surface area contributed by atoms with Crippen LogP contribution in [0.5, 0.6) is 5.75 Å². The van der Waals surface area contributed by atoms with Gasteiger partial charge >= 0.3 is 0 Å². The maximum absolute atomic E-state index is 13.0. The van der Waals surface area contributed by atoms with E-state index in [0.29, 0.717) is 44.0 Å². The number of piperazine rings is 1. The number of rotatable bonds is 6. The molecular formula is C20H22BrFN2O3. The van der Waals surface area contributed by atoms with Gasteiger partial charge in [0.05, 0.1) is 0 Å². The number of aliphatic hydroxyl groups is 1. The third kappa shape index (κ3) is 5.76. The van der Waals surface area contributed by atoms with Crippen molar-refractivity contribution in [2.24, 2.45) is 0 Å². The van der Waals surface area contributed by atoms with Crippen molar-refractivity contribution in [1.29, 1.82) is 0 Å². The van der Waals surface area contributed by atoms with Crippen LogP contribution in [0, 0.1) is 5.82 Å². The minimum atomic E-state index is -0.604. The number of carbonyl (C=O) groups is 1. The summed E-state index contributed by atoms with van der Waals surface area (Å²) in [6, 6.07) is 13.1. The summed E-state index contributed by atoms with van der Waals surface area (Å²) in [5.41, 5.74) is 0.493. The van der Waals surface area contributed by atoms with Crippen LogP contribution in [0.15, 0.2) is 53.0 Å². The average molecular weight is 437 g/mol. The topological polar surface area (TPSA) is 53.0 Å². The van der Waals surface area contributed by atoms with Gasteiger partial charge in [0.15, 0.2) is 0 Å². The van der Waals surface area contributed by atoms with Gasteiger partial charge in [-0.25, -0.2) is 4.39 Å². The number of hydrogen-bond donors (Lipinski definition) is 1. The molecule has 0 saturated carbocycles. The van der Waals surface area contributed by atoms with E-state index in [1.165, 1.54) is 24.3 Å². The molecule has 144 valence electrons. The van der Waals surface area contributed by atoms with Gasteiger partial charge in [-0.15, -0.1) is 0 Å². The highest BCUT2D eigenvalue weighted by Crippen LogP contribution is 2.16. The Labute approximate surface area is 166 Å². The smallest absolute Gasteiger partial charge is 0.253 e. The normalized spacial score (nSPS) is 16.2. The maximum atomic E-state index is 13.0. The number of aliphatic hydroxyl groups excluding tert-OH is 1. The van der Waals surface area contributed by atoms with Crippen molar-refractivity contribution in [3.05, 3.63) is 64.4 Å². The Morgan fingerprint density at radius 2 is 1.70 bits per heavy atom. The van der Waals surface area contributed by atoms with E-state index in [-0.39, 0.29) is 18.3 Å². The zero-order valence-corrected chi connectivity index (χ0v) is 16.4. The predicted molar refractivity (Wildman–Crippen MR) is 104 cm³/mol. The Bertz CT molecular complexity index is 747. The van der Waals surface area contributed by atoms with Gasteiger partial charge in [0, 0.05) is 42.8 Å². The Morgan fingerprint density at radius 3 is 2.33 bits per heavy atom. The monoisotopic (exact) mass is 436 g/mol. The Balaban J connectivity index is 1.41. The molecule has 2 aromatic rings. The van der Waals surface area contributed by atoms with Crippen LogP contribution in [0.4, 0.5) is 4.39 Å². The zero-order valence-electron chi connectivity index (χ0n) is 14.9. The van der Waals surface area contributed by atoms with Crippen molar-refractivity contribution in [2.75, 3.05) is 39.3 Å². The molecule has 2 aromatic carbocycles. The molecule has 1 aliphatic heterocycles. The summed E-state index contributed by atoms with van der Waals surface area (Å²) < 4.78 is 19.6. The summed E-state index contributed by atoms with van der Waals surface area (Å²) in [7, 11) is 0. The minimum Gasteiger partial charge on any atom is -0.491 e. The van der Waals surface area contributed by atoms with E-state index in [9.17, 15) is 14.3 Å². The van der Waals surface area contributed by atoms with Gasteiger partial charge in [0.1, 0.15) is 24.3 Å². The van der Waals surface area contributed by atoms with Gasteiger partial charge in [-0.2, -0.15) is 0 Å². The number of amides is 1. The molecule has 0 bridgehead atoms. The first-order valence-corrected chi connectivity index (χ1v) is 9.64. The number of ether oxygens (including phenoxy) is 1. The Hall–Kier alpha value is -1.96. The lowest BCUT2D eigenvalue weighted by molar-refractivity contribution is 0.0403. The van der Waals surface area contributed by atoms with E-state index >= 15 is 0 Å². The molecule has 7 heteroatoms. The fourth-order valence-corrected chi connectivity index (χ4v) is 3.25. The standard InChI is InChI=1S/C20H22BrFN2O3/c21-16-3-7-19(8-4-16)27-14-18(25)13-23-9-11-24(12-10-23)20(26)15-1-5-17(22)6-2-15/h1-8,18,25H,9-14H2. The molecule has 1 saturated heterocycles. The number of hydrogen-bond acceptors (Lipinski definition) is 4. The highest BCUT2D eigenvalue weighted by Gasteiger charge is 2.23. The van der Waals surface area contributed by atoms with Gasteiger partial charge in [-0.1, -0.05) is 15.9 Å². The van der Waals surface area contributed by atoms with E-state index in [1.54, 1.807) is 4.90 Å². The minimum absolute atomic E-state index is 0.0891. The summed E-state index contributed by atoms with van der Waals surface area (Å²) in [5.74, 6) is 0.274. The van der Waals surface area contributed by atoms with Crippen LogP contribution in [0.3, 0.4) is 0 Å². The average Bonchev–Trinajstić information content (AvgIpc) is 2.68. The molecule has 1 fully saturated rings. The molecule has 5 nitrogen and oxygen atoms in total. The van der Waals surface area contributed by atoms with Crippen LogP contribution >= 0.6 is 15.9 Å². The summed E-state index contributed by atoms with van der Waals surface area (Å²) in [6.07, 6.45) is -0.604. The van der Waals surface area contributed by atoms with E-state index < -0.39 is 6.10 Å². The largest absolute Gasteiger partial charge is 0.491 e. The lowest BCUT2D eigenvalue weighted by Gasteiger charge is -2.35. The van der Waals surface area contributed by atoms with Crippen LogP contribution in [-0.4, -0.2) is 66.2 Å². The van der Waals surface area contributed by atoms with Crippen molar-refractivity contribution < 1.29 is 19.0 Å². The third-order valence-corrected chi connectivity index (χ3v) is 5.00. The highest BCUT2D eigenvalue weighted by atomic mass is 79.9. The summed E-state index contributed by atoms with van der Waals surface area (Å²) in [4.78, 5) is 16.3. The molecule has 1 N–H and O–H groups in total. The Kier molecular flexibility index (Phi) is 6.82. The first-order chi connectivity index (χ1) is 13.0. The van der Waals surface area contributed by atoms with Crippen molar-refractivity contribution >= 4 is 21.8 Å². The first kappa shape index (κ1) is 19.8. The fraction of sp³-hybridized carbons (Fsp3) is 0.350. The molecule has 27 heavy (non-hydrogen) atoms. The third-order valence-electron chi connectivity index (χ3n) is 4.48. The quantitative estimate of drug-likeness (QED) is 0.756. The molecule has 1 aliphatic rings. The van der Waals surface area contributed by atoms with E-state index in [1.807, 2.05) is 24.3 Å². The predicted octanol–water partition coefficient (Wildman–Crippen LogP) is 2.79. The van der Waals surface area contributed by atoms with Crippen LogP contribution in [-0.2, 0) is 0 Å². The van der Waals surface area contributed by atoms with Crippen LogP contribution in [0.25, 0.3) is 0 Å². The number of benzene rings is 2. The molecule has 3 rings (SSSR count). The van der Waals surface area contributed by atoms with Gasteiger partial charge < -0.3 is 14.7 Å².